The molecule has 132 valence electrons. The van der Waals surface area contributed by atoms with Crippen molar-refractivity contribution in [2.24, 2.45) is 0 Å². The number of aryl methyl sites for hydroxylation is 1. The standard InChI is InChI=1S/C19H24N4O2/c1-25-17-7-4-16(5-8-17)6-9-18(24)22-12-3-13-23(15-14-22)19-20-10-2-11-21-19/h2,4-5,7-8,10-11H,3,6,9,12-15H2,1H3. The Hall–Kier alpha value is -2.63. The third-order valence-corrected chi connectivity index (χ3v) is 4.47. The lowest BCUT2D eigenvalue weighted by atomic mass is 10.1. The lowest BCUT2D eigenvalue weighted by Crippen LogP contribution is -2.35. The summed E-state index contributed by atoms with van der Waals surface area (Å²) in [6.07, 6.45) is 5.74. The summed E-state index contributed by atoms with van der Waals surface area (Å²) in [5.41, 5.74) is 1.16. The number of aromatic nitrogens is 2. The van der Waals surface area contributed by atoms with E-state index in [1.165, 1.54) is 0 Å². The van der Waals surface area contributed by atoms with Crippen LogP contribution in [0.3, 0.4) is 0 Å². The van der Waals surface area contributed by atoms with Crippen LogP contribution in [0, 0.1) is 0 Å². The van der Waals surface area contributed by atoms with Crippen LogP contribution in [0.1, 0.15) is 18.4 Å². The Kier molecular flexibility index (Phi) is 5.82. The van der Waals surface area contributed by atoms with Gasteiger partial charge in [-0.3, -0.25) is 4.79 Å². The summed E-state index contributed by atoms with van der Waals surface area (Å²) in [4.78, 5) is 25.3. The van der Waals surface area contributed by atoms with E-state index < -0.39 is 0 Å². The van der Waals surface area contributed by atoms with Crippen molar-refractivity contribution < 1.29 is 9.53 Å². The molecule has 0 bridgehead atoms. The molecule has 1 fully saturated rings. The van der Waals surface area contributed by atoms with Crippen LogP contribution < -0.4 is 9.64 Å². The zero-order valence-electron chi connectivity index (χ0n) is 14.6. The molecular weight excluding hydrogens is 316 g/mol. The highest BCUT2D eigenvalue weighted by atomic mass is 16.5. The lowest BCUT2D eigenvalue weighted by Gasteiger charge is -2.22. The van der Waals surface area contributed by atoms with E-state index in [2.05, 4.69) is 14.9 Å². The van der Waals surface area contributed by atoms with Crippen molar-refractivity contribution in [3.63, 3.8) is 0 Å². The van der Waals surface area contributed by atoms with Gasteiger partial charge >= 0.3 is 0 Å². The minimum absolute atomic E-state index is 0.214. The van der Waals surface area contributed by atoms with Crippen LogP contribution in [0.25, 0.3) is 0 Å². The molecule has 1 aromatic carbocycles. The molecule has 25 heavy (non-hydrogen) atoms. The fourth-order valence-electron chi connectivity index (χ4n) is 3.02. The zero-order chi connectivity index (χ0) is 17.5. The molecule has 0 radical (unpaired) electrons. The fraction of sp³-hybridized carbons (Fsp3) is 0.421. The molecule has 2 aromatic rings. The van der Waals surface area contributed by atoms with E-state index in [1.807, 2.05) is 35.2 Å². The van der Waals surface area contributed by atoms with Crippen LogP contribution in [0.2, 0.25) is 0 Å². The largest absolute Gasteiger partial charge is 0.497 e. The topological polar surface area (TPSA) is 58.6 Å². The zero-order valence-corrected chi connectivity index (χ0v) is 14.6. The molecule has 6 heteroatoms. The van der Waals surface area contributed by atoms with Crippen molar-refractivity contribution in [1.29, 1.82) is 0 Å². The smallest absolute Gasteiger partial charge is 0.225 e. The van der Waals surface area contributed by atoms with E-state index in [0.717, 1.165) is 56.3 Å². The maximum absolute atomic E-state index is 12.5. The Morgan fingerprint density at radius 3 is 2.56 bits per heavy atom. The maximum atomic E-state index is 12.5. The summed E-state index contributed by atoms with van der Waals surface area (Å²) in [6.45, 7) is 3.18. The molecule has 6 nitrogen and oxygen atoms in total. The second kappa shape index (κ2) is 8.46. The number of carbonyl (C=O) groups is 1. The molecule has 0 aliphatic carbocycles. The van der Waals surface area contributed by atoms with Gasteiger partial charge < -0.3 is 14.5 Å². The molecule has 0 saturated carbocycles. The van der Waals surface area contributed by atoms with Gasteiger partial charge in [0.15, 0.2) is 0 Å². The maximum Gasteiger partial charge on any atom is 0.225 e. The Morgan fingerprint density at radius 2 is 1.84 bits per heavy atom. The van der Waals surface area contributed by atoms with Crippen molar-refractivity contribution in [3.8, 4) is 5.75 Å². The Labute approximate surface area is 148 Å². The Balaban J connectivity index is 1.50. The van der Waals surface area contributed by atoms with Gasteiger partial charge in [-0.15, -0.1) is 0 Å². The highest BCUT2D eigenvalue weighted by Gasteiger charge is 2.20. The van der Waals surface area contributed by atoms with Crippen molar-refractivity contribution >= 4 is 11.9 Å². The number of benzene rings is 1. The number of carbonyl (C=O) groups excluding carboxylic acids is 1. The quantitative estimate of drug-likeness (QED) is 0.835. The first-order chi connectivity index (χ1) is 12.3. The Bertz CT molecular complexity index is 676. The molecule has 0 unspecified atom stereocenters. The molecule has 3 rings (SSSR count). The molecular formula is C19H24N4O2. The van der Waals surface area contributed by atoms with Crippen LogP contribution in [-0.2, 0) is 11.2 Å². The van der Waals surface area contributed by atoms with Gasteiger partial charge in [-0.2, -0.15) is 0 Å². The minimum atomic E-state index is 0.214. The first-order valence-corrected chi connectivity index (χ1v) is 8.69. The van der Waals surface area contributed by atoms with E-state index in [1.54, 1.807) is 19.5 Å². The number of ether oxygens (including phenoxy) is 1. The first-order valence-electron chi connectivity index (χ1n) is 8.69. The summed E-state index contributed by atoms with van der Waals surface area (Å²) in [5.74, 6) is 1.80. The van der Waals surface area contributed by atoms with Gasteiger partial charge in [-0.05, 0) is 36.6 Å². The monoisotopic (exact) mass is 340 g/mol. The molecule has 1 aliphatic heterocycles. The lowest BCUT2D eigenvalue weighted by molar-refractivity contribution is -0.130. The van der Waals surface area contributed by atoms with Crippen LogP contribution in [0.5, 0.6) is 5.75 Å². The van der Waals surface area contributed by atoms with Crippen molar-refractivity contribution in [3.05, 3.63) is 48.3 Å². The first kappa shape index (κ1) is 17.2. The summed E-state index contributed by atoms with van der Waals surface area (Å²) < 4.78 is 5.16. The van der Waals surface area contributed by atoms with E-state index >= 15 is 0 Å². The molecule has 1 aromatic heterocycles. The molecule has 1 amide bonds. The van der Waals surface area contributed by atoms with Gasteiger partial charge in [0.1, 0.15) is 5.75 Å². The average molecular weight is 340 g/mol. The summed E-state index contributed by atoms with van der Waals surface area (Å²) >= 11 is 0. The summed E-state index contributed by atoms with van der Waals surface area (Å²) in [5, 5.41) is 0. The van der Waals surface area contributed by atoms with Gasteiger partial charge in [-0.1, -0.05) is 12.1 Å². The number of rotatable bonds is 5. The molecule has 1 saturated heterocycles. The van der Waals surface area contributed by atoms with Crippen LogP contribution in [-0.4, -0.2) is 54.1 Å². The van der Waals surface area contributed by atoms with Gasteiger partial charge in [0.05, 0.1) is 7.11 Å². The van der Waals surface area contributed by atoms with Gasteiger partial charge in [0, 0.05) is 45.0 Å². The average Bonchev–Trinajstić information content (AvgIpc) is 2.93. The molecule has 2 heterocycles. The highest BCUT2D eigenvalue weighted by molar-refractivity contribution is 5.76. The van der Waals surface area contributed by atoms with Crippen LogP contribution >= 0.6 is 0 Å². The van der Waals surface area contributed by atoms with E-state index in [0.29, 0.717) is 6.42 Å². The second-order valence-electron chi connectivity index (χ2n) is 6.12. The number of hydrogen-bond donors (Lipinski definition) is 0. The second-order valence-corrected chi connectivity index (χ2v) is 6.12. The van der Waals surface area contributed by atoms with Crippen molar-refractivity contribution in [2.45, 2.75) is 19.3 Å². The number of nitrogens with zero attached hydrogens (tertiary/aromatic N) is 4. The van der Waals surface area contributed by atoms with E-state index in [-0.39, 0.29) is 5.91 Å². The van der Waals surface area contributed by atoms with Crippen LogP contribution in [0.4, 0.5) is 5.95 Å². The summed E-state index contributed by atoms with van der Waals surface area (Å²) in [7, 11) is 1.65. The number of hydrogen-bond acceptors (Lipinski definition) is 5. The van der Waals surface area contributed by atoms with Gasteiger partial charge in [0.25, 0.3) is 0 Å². The molecule has 0 N–H and O–H groups in total. The van der Waals surface area contributed by atoms with Crippen molar-refractivity contribution in [1.82, 2.24) is 14.9 Å². The minimum Gasteiger partial charge on any atom is -0.497 e. The number of methoxy groups -OCH3 is 1. The third-order valence-electron chi connectivity index (χ3n) is 4.47. The number of anilines is 1. The van der Waals surface area contributed by atoms with Gasteiger partial charge in [-0.25, -0.2) is 9.97 Å². The van der Waals surface area contributed by atoms with Crippen LogP contribution in [0.15, 0.2) is 42.7 Å². The predicted molar refractivity (Wildman–Crippen MR) is 96.8 cm³/mol. The fourth-order valence-corrected chi connectivity index (χ4v) is 3.02. The molecule has 0 atom stereocenters. The normalized spacial score (nSPS) is 14.9. The number of amides is 1. The predicted octanol–water partition coefficient (Wildman–Crippen LogP) is 2.16. The Morgan fingerprint density at radius 1 is 1.08 bits per heavy atom. The summed E-state index contributed by atoms with van der Waals surface area (Å²) in [6, 6.07) is 9.72. The third kappa shape index (κ3) is 4.68. The SMILES string of the molecule is COc1ccc(CCC(=O)N2CCCN(c3ncccn3)CC2)cc1. The highest BCUT2D eigenvalue weighted by Crippen LogP contribution is 2.14. The molecule has 1 aliphatic rings. The van der Waals surface area contributed by atoms with E-state index in [4.69, 9.17) is 4.74 Å². The van der Waals surface area contributed by atoms with E-state index in [9.17, 15) is 4.79 Å². The van der Waals surface area contributed by atoms with Gasteiger partial charge in [0.2, 0.25) is 11.9 Å². The molecule has 0 spiro atoms. The van der Waals surface area contributed by atoms with Crippen molar-refractivity contribution in [2.75, 3.05) is 38.2 Å².